The topological polar surface area (TPSA) is 68.9 Å². The average Bonchev–Trinajstić information content (AvgIpc) is 3.01. The molecular formula is C19H30IN3O2. The number of ether oxygens (including phenoxy) is 2. The number of hydrogen-bond donors (Lipinski definition) is 2. The van der Waals surface area contributed by atoms with Crippen molar-refractivity contribution in [3.8, 4) is 11.5 Å². The van der Waals surface area contributed by atoms with Crippen molar-refractivity contribution in [3.05, 3.63) is 23.8 Å². The van der Waals surface area contributed by atoms with Crippen LogP contribution in [-0.2, 0) is 5.41 Å². The highest BCUT2D eigenvalue weighted by Gasteiger charge is 2.36. The number of guanidine groups is 1. The van der Waals surface area contributed by atoms with Gasteiger partial charge < -0.3 is 20.5 Å². The maximum Gasteiger partial charge on any atom is 0.189 e. The number of nitrogens with zero attached hydrogens (tertiary/aromatic N) is 1. The fraction of sp³-hybridized carbons (Fsp3) is 0.632. The third-order valence-electron chi connectivity index (χ3n) is 4.77. The zero-order chi connectivity index (χ0) is 17.2. The number of nitrogens with one attached hydrogen (secondary N) is 1. The molecule has 25 heavy (non-hydrogen) atoms. The first-order valence-corrected chi connectivity index (χ1v) is 8.86. The van der Waals surface area contributed by atoms with Crippen molar-refractivity contribution in [1.29, 1.82) is 0 Å². The molecular weight excluding hydrogens is 429 g/mol. The van der Waals surface area contributed by atoms with Crippen LogP contribution < -0.4 is 20.5 Å². The molecule has 1 aromatic rings. The molecule has 3 rings (SSSR count). The van der Waals surface area contributed by atoms with E-state index in [0.717, 1.165) is 24.3 Å². The summed E-state index contributed by atoms with van der Waals surface area (Å²) in [5.41, 5.74) is 7.35. The monoisotopic (exact) mass is 459 g/mol. The molecule has 0 saturated heterocycles. The van der Waals surface area contributed by atoms with E-state index in [0.29, 0.717) is 25.7 Å². The van der Waals surface area contributed by atoms with Gasteiger partial charge in [0.25, 0.3) is 0 Å². The highest BCUT2D eigenvalue weighted by molar-refractivity contribution is 14.0. The predicted octanol–water partition coefficient (Wildman–Crippen LogP) is 3.59. The molecule has 1 heterocycles. The van der Waals surface area contributed by atoms with Gasteiger partial charge in [-0.25, -0.2) is 0 Å². The average molecular weight is 459 g/mol. The molecule has 2 aliphatic rings. The first-order valence-electron chi connectivity index (χ1n) is 8.86. The zero-order valence-electron chi connectivity index (χ0n) is 15.4. The molecule has 1 aliphatic carbocycles. The third kappa shape index (κ3) is 4.92. The van der Waals surface area contributed by atoms with Crippen LogP contribution >= 0.6 is 24.0 Å². The Kier molecular flexibility index (Phi) is 6.45. The van der Waals surface area contributed by atoms with Crippen LogP contribution in [0, 0.1) is 0 Å². The Bertz CT molecular complexity index is 620. The van der Waals surface area contributed by atoms with Gasteiger partial charge in [-0.1, -0.05) is 18.9 Å². The van der Waals surface area contributed by atoms with Crippen molar-refractivity contribution >= 4 is 29.9 Å². The summed E-state index contributed by atoms with van der Waals surface area (Å²) >= 11 is 0. The van der Waals surface area contributed by atoms with Crippen molar-refractivity contribution in [2.45, 2.75) is 57.4 Å². The first-order chi connectivity index (χ1) is 11.4. The maximum atomic E-state index is 6.08. The smallest absolute Gasteiger partial charge is 0.189 e. The maximum absolute atomic E-state index is 6.08. The molecule has 3 N–H and O–H groups in total. The lowest BCUT2D eigenvalue weighted by molar-refractivity contribution is 0.171. The number of benzene rings is 1. The van der Waals surface area contributed by atoms with Crippen LogP contribution in [0.2, 0.25) is 0 Å². The van der Waals surface area contributed by atoms with Crippen LogP contribution in [0.4, 0.5) is 0 Å². The van der Waals surface area contributed by atoms with E-state index in [4.69, 9.17) is 15.2 Å². The van der Waals surface area contributed by atoms with Gasteiger partial charge in [-0.3, -0.25) is 4.99 Å². The Balaban J connectivity index is 0.00000225. The lowest BCUT2D eigenvalue weighted by atomic mass is 9.79. The summed E-state index contributed by atoms with van der Waals surface area (Å²) in [7, 11) is 0. The Labute approximate surface area is 167 Å². The number of hydrogen-bond acceptors (Lipinski definition) is 3. The summed E-state index contributed by atoms with van der Waals surface area (Å²) in [5, 5.41) is 3.24. The van der Waals surface area contributed by atoms with Gasteiger partial charge >= 0.3 is 0 Å². The normalized spacial score (nSPS) is 19.2. The third-order valence-corrected chi connectivity index (χ3v) is 4.77. The lowest BCUT2D eigenvalue weighted by Crippen LogP contribution is -2.45. The quantitative estimate of drug-likeness (QED) is 0.412. The molecule has 140 valence electrons. The summed E-state index contributed by atoms with van der Waals surface area (Å²) in [6.07, 6.45) is 4.74. The molecule has 6 heteroatoms. The van der Waals surface area contributed by atoms with E-state index in [1.165, 1.54) is 18.4 Å². The van der Waals surface area contributed by atoms with Gasteiger partial charge in [0.15, 0.2) is 17.5 Å². The molecule has 1 aliphatic heterocycles. The Morgan fingerprint density at radius 1 is 1.16 bits per heavy atom. The van der Waals surface area contributed by atoms with Crippen LogP contribution in [0.5, 0.6) is 11.5 Å². The van der Waals surface area contributed by atoms with Crippen molar-refractivity contribution in [2.75, 3.05) is 19.8 Å². The molecule has 0 atom stereocenters. The van der Waals surface area contributed by atoms with Crippen LogP contribution in [-0.4, -0.2) is 31.3 Å². The van der Waals surface area contributed by atoms with Gasteiger partial charge in [-0.05, 0) is 51.3 Å². The summed E-state index contributed by atoms with van der Waals surface area (Å²) in [5.74, 6) is 2.22. The molecule has 0 radical (unpaired) electrons. The second kappa shape index (κ2) is 8.01. The van der Waals surface area contributed by atoms with Crippen molar-refractivity contribution in [3.63, 3.8) is 0 Å². The number of nitrogens with two attached hydrogens (primary N) is 1. The fourth-order valence-corrected chi connectivity index (χ4v) is 3.62. The second-order valence-electron chi connectivity index (χ2n) is 7.92. The van der Waals surface area contributed by atoms with E-state index in [-0.39, 0.29) is 34.9 Å². The van der Waals surface area contributed by atoms with E-state index in [2.05, 4.69) is 43.2 Å². The van der Waals surface area contributed by atoms with E-state index >= 15 is 0 Å². The number of fused-ring (bicyclic) bond motifs is 1. The molecule has 0 spiro atoms. The number of aliphatic imine (C=N–C) groups is 1. The Hall–Kier alpha value is -1.18. The van der Waals surface area contributed by atoms with Gasteiger partial charge in [0.2, 0.25) is 0 Å². The highest BCUT2D eigenvalue weighted by Crippen LogP contribution is 2.44. The molecule has 0 bridgehead atoms. The lowest BCUT2D eigenvalue weighted by Gasteiger charge is -2.30. The molecule has 0 amide bonds. The Morgan fingerprint density at radius 3 is 2.44 bits per heavy atom. The number of halogens is 1. The molecule has 0 unspecified atom stereocenters. The fourth-order valence-electron chi connectivity index (χ4n) is 3.62. The van der Waals surface area contributed by atoms with Gasteiger partial charge in [0.1, 0.15) is 13.2 Å². The highest BCUT2D eigenvalue weighted by atomic mass is 127. The van der Waals surface area contributed by atoms with Crippen molar-refractivity contribution < 1.29 is 9.47 Å². The molecule has 0 aromatic heterocycles. The molecule has 1 fully saturated rings. The van der Waals surface area contributed by atoms with Crippen LogP contribution in [0.3, 0.4) is 0 Å². The van der Waals surface area contributed by atoms with Gasteiger partial charge in [-0.2, -0.15) is 0 Å². The summed E-state index contributed by atoms with van der Waals surface area (Å²) in [6, 6.07) is 6.34. The van der Waals surface area contributed by atoms with Crippen molar-refractivity contribution in [2.24, 2.45) is 10.7 Å². The second-order valence-corrected chi connectivity index (χ2v) is 7.92. The standard InChI is InChI=1S/C19H29N3O2.HI/c1-18(2,3)22-17(20)21-13-19(8-4-5-9-19)14-6-7-15-16(12-14)24-11-10-23-15;/h6-7,12H,4-5,8-11,13H2,1-3H3,(H3,20,21,22);1H. The zero-order valence-corrected chi connectivity index (χ0v) is 17.8. The minimum atomic E-state index is -0.0760. The summed E-state index contributed by atoms with van der Waals surface area (Å²) < 4.78 is 11.4. The van der Waals surface area contributed by atoms with Gasteiger partial charge in [-0.15, -0.1) is 24.0 Å². The van der Waals surface area contributed by atoms with Crippen molar-refractivity contribution in [1.82, 2.24) is 5.32 Å². The first kappa shape index (κ1) is 20.1. The number of rotatable bonds is 3. The van der Waals surface area contributed by atoms with Gasteiger partial charge in [0.05, 0.1) is 6.54 Å². The Morgan fingerprint density at radius 2 is 1.80 bits per heavy atom. The van der Waals surface area contributed by atoms with Gasteiger partial charge in [0, 0.05) is 11.0 Å². The molecule has 5 nitrogen and oxygen atoms in total. The van der Waals surface area contributed by atoms with E-state index in [1.807, 2.05) is 6.07 Å². The SMILES string of the molecule is CC(C)(C)NC(N)=NCC1(c2ccc3c(c2)OCCO3)CCCC1.I. The summed E-state index contributed by atoms with van der Waals surface area (Å²) in [4.78, 5) is 4.66. The predicted molar refractivity (Wildman–Crippen MR) is 112 cm³/mol. The van der Waals surface area contributed by atoms with Crippen LogP contribution in [0.1, 0.15) is 52.0 Å². The van der Waals surface area contributed by atoms with Crippen LogP contribution in [0.15, 0.2) is 23.2 Å². The molecule has 1 saturated carbocycles. The van der Waals surface area contributed by atoms with E-state index in [1.54, 1.807) is 0 Å². The van der Waals surface area contributed by atoms with E-state index in [9.17, 15) is 0 Å². The van der Waals surface area contributed by atoms with Crippen LogP contribution in [0.25, 0.3) is 0 Å². The minimum absolute atomic E-state index is 0. The largest absolute Gasteiger partial charge is 0.486 e. The minimum Gasteiger partial charge on any atom is -0.486 e. The molecule has 1 aromatic carbocycles. The van der Waals surface area contributed by atoms with E-state index < -0.39 is 0 Å². The summed E-state index contributed by atoms with van der Waals surface area (Å²) in [6.45, 7) is 8.20.